The van der Waals surface area contributed by atoms with Gasteiger partial charge in [-0.05, 0) is 30.9 Å². The van der Waals surface area contributed by atoms with Gasteiger partial charge < -0.3 is 23.8 Å². The molecule has 1 N–H and O–H groups in total. The first-order chi connectivity index (χ1) is 12.4. The van der Waals surface area contributed by atoms with E-state index in [0.717, 1.165) is 54.6 Å². The second kappa shape index (κ2) is 5.15. The zero-order valence-corrected chi connectivity index (χ0v) is 16.3. The maximum Gasteiger partial charge on any atom is 0.237 e. The van der Waals surface area contributed by atoms with Gasteiger partial charge in [-0.1, -0.05) is 0 Å². The molecule has 2 aliphatic carbocycles. The number of fused-ring (bicyclic) bond motifs is 1. The quantitative estimate of drug-likeness (QED) is 0.824. The average Bonchev–Trinajstić information content (AvgIpc) is 2.63. The van der Waals surface area contributed by atoms with Crippen molar-refractivity contribution in [3.8, 4) is 11.5 Å². The second-order valence-corrected chi connectivity index (χ2v) is 9.29. The van der Waals surface area contributed by atoms with E-state index in [1.807, 2.05) is 0 Å². The van der Waals surface area contributed by atoms with E-state index in [2.05, 4.69) is 20.2 Å². The zero-order chi connectivity index (χ0) is 18.3. The number of quaternary nitrogens is 1. The molecule has 1 spiro atoms. The van der Waals surface area contributed by atoms with Gasteiger partial charge in [-0.3, -0.25) is 0 Å². The van der Waals surface area contributed by atoms with Crippen molar-refractivity contribution in [2.75, 3.05) is 34.9 Å². The lowest BCUT2D eigenvalue weighted by atomic mass is 9.56. The van der Waals surface area contributed by atoms with Gasteiger partial charge >= 0.3 is 0 Å². The van der Waals surface area contributed by atoms with E-state index >= 15 is 0 Å². The summed E-state index contributed by atoms with van der Waals surface area (Å²) in [4.78, 5) is 0. The lowest BCUT2D eigenvalue weighted by Crippen LogP contribution is -2.62. The Morgan fingerprint density at radius 2 is 2.00 bits per heavy atom. The normalized spacial score (nSPS) is 39.0. The molecule has 4 atom stereocenters. The first-order valence-corrected chi connectivity index (χ1v) is 9.85. The number of hydrogen-bond donors (Lipinski definition) is 1. The van der Waals surface area contributed by atoms with Crippen LogP contribution in [0.5, 0.6) is 11.5 Å². The Hall–Kier alpha value is -1.30. The fourth-order valence-electron chi connectivity index (χ4n) is 6.28. The lowest BCUT2D eigenvalue weighted by Gasteiger charge is -2.58. The molecule has 5 nitrogen and oxygen atoms in total. The number of nitrogens with zero attached hydrogens (tertiary/aromatic N) is 1. The van der Waals surface area contributed by atoms with Gasteiger partial charge in [0.2, 0.25) is 5.79 Å². The molecule has 2 heterocycles. The lowest BCUT2D eigenvalue weighted by molar-refractivity contribution is -0.924. The molecule has 5 heteroatoms. The SMILES string of the molecule is COc1cc2c3c4c1OC1(OC)CC4(CCC1O)CCC3[N+](C)(C)CC2. The van der Waals surface area contributed by atoms with Crippen LogP contribution in [0.15, 0.2) is 6.07 Å². The summed E-state index contributed by atoms with van der Waals surface area (Å²) in [6.07, 6.45) is 5.26. The highest BCUT2D eigenvalue weighted by Gasteiger charge is 2.61. The van der Waals surface area contributed by atoms with Gasteiger partial charge in [0.1, 0.15) is 12.1 Å². The van der Waals surface area contributed by atoms with Gasteiger partial charge in [-0.15, -0.1) is 0 Å². The Morgan fingerprint density at radius 3 is 2.73 bits per heavy atom. The minimum absolute atomic E-state index is 0.0370. The molecule has 142 valence electrons. The van der Waals surface area contributed by atoms with Gasteiger partial charge in [-0.25, -0.2) is 0 Å². The van der Waals surface area contributed by atoms with Gasteiger partial charge in [0.05, 0.1) is 27.7 Å². The Kier molecular flexibility index (Phi) is 3.34. The molecule has 5 rings (SSSR count). The first-order valence-electron chi connectivity index (χ1n) is 9.85. The molecule has 1 aromatic carbocycles. The fraction of sp³-hybridized carbons (Fsp3) is 0.714. The summed E-state index contributed by atoms with van der Waals surface area (Å²) in [5.74, 6) is 0.675. The van der Waals surface area contributed by atoms with Crippen LogP contribution < -0.4 is 9.47 Å². The minimum atomic E-state index is -0.946. The van der Waals surface area contributed by atoms with Crippen molar-refractivity contribution in [3.63, 3.8) is 0 Å². The fourth-order valence-corrected chi connectivity index (χ4v) is 6.28. The zero-order valence-electron chi connectivity index (χ0n) is 16.3. The van der Waals surface area contributed by atoms with Crippen molar-refractivity contribution in [1.29, 1.82) is 0 Å². The smallest absolute Gasteiger partial charge is 0.237 e. The van der Waals surface area contributed by atoms with Crippen LogP contribution in [-0.4, -0.2) is 56.3 Å². The van der Waals surface area contributed by atoms with Crippen LogP contribution in [-0.2, 0) is 16.6 Å². The van der Waals surface area contributed by atoms with Crippen LogP contribution in [0.2, 0.25) is 0 Å². The monoisotopic (exact) mass is 360 g/mol. The molecule has 4 aliphatic rings. The van der Waals surface area contributed by atoms with Crippen molar-refractivity contribution < 1.29 is 23.8 Å². The molecule has 0 saturated heterocycles. The summed E-state index contributed by atoms with van der Waals surface area (Å²) < 4.78 is 19.1. The first kappa shape index (κ1) is 16.8. The van der Waals surface area contributed by atoms with Gasteiger partial charge in [0.25, 0.3) is 0 Å². The van der Waals surface area contributed by atoms with Crippen LogP contribution in [0.3, 0.4) is 0 Å². The molecule has 1 fully saturated rings. The summed E-state index contributed by atoms with van der Waals surface area (Å²) in [7, 11) is 8.08. The largest absolute Gasteiger partial charge is 0.493 e. The predicted molar refractivity (Wildman–Crippen MR) is 97.6 cm³/mol. The van der Waals surface area contributed by atoms with Crippen molar-refractivity contribution in [2.45, 2.75) is 61.9 Å². The van der Waals surface area contributed by atoms with Gasteiger partial charge in [-0.2, -0.15) is 0 Å². The number of benzene rings is 1. The maximum absolute atomic E-state index is 10.7. The molecular weight excluding hydrogens is 330 g/mol. The highest BCUT2D eigenvalue weighted by atomic mass is 16.7. The molecule has 0 aromatic heterocycles. The molecule has 0 radical (unpaired) electrons. The van der Waals surface area contributed by atoms with E-state index in [0.29, 0.717) is 6.04 Å². The van der Waals surface area contributed by atoms with E-state index in [9.17, 15) is 5.11 Å². The number of rotatable bonds is 2. The Balaban J connectivity index is 1.81. The van der Waals surface area contributed by atoms with Gasteiger partial charge in [0, 0.05) is 42.9 Å². The summed E-state index contributed by atoms with van der Waals surface area (Å²) in [6, 6.07) is 2.70. The maximum atomic E-state index is 10.7. The van der Waals surface area contributed by atoms with Crippen molar-refractivity contribution >= 4 is 0 Å². The van der Waals surface area contributed by atoms with Crippen molar-refractivity contribution in [2.24, 2.45) is 0 Å². The second-order valence-electron chi connectivity index (χ2n) is 9.29. The Morgan fingerprint density at radius 1 is 1.23 bits per heavy atom. The van der Waals surface area contributed by atoms with Crippen molar-refractivity contribution in [3.05, 3.63) is 22.8 Å². The standard InChI is InChI=1S/C21H30NO4/c1-22(2)10-7-13-11-15(24-3)19-18-17(13)14(22)5-8-20(18)9-6-16(23)21(12-20,25-4)26-19/h11,14,16,23H,5-10,12H2,1-4H3/q+1. The number of aliphatic hydroxyl groups is 1. The predicted octanol–water partition coefficient (Wildman–Crippen LogP) is 2.68. The molecule has 1 saturated carbocycles. The minimum Gasteiger partial charge on any atom is -0.493 e. The number of aliphatic hydroxyl groups excluding tert-OH is 1. The topological polar surface area (TPSA) is 47.9 Å². The Bertz CT molecular complexity index is 776. The molecule has 4 unspecified atom stereocenters. The average molecular weight is 360 g/mol. The van der Waals surface area contributed by atoms with E-state index < -0.39 is 11.9 Å². The van der Waals surface area contributed by atoms with E-state index in [1.54, 1.807) is 14.2 Å². The summed E-state index contributed by atoms with van der Waals surface area (Å²) in [6.45, 7) is 1.16. The molecule has 26 heavy (non-hydrogen) atoms. The third-order valence-electron chi connectivity index (χ3n) is 7.76. The third kappa shape index (κ3) is 1.92. The third-order valence-corrected chi connectivity index (χ3v) is 7.76. The molecule has 0 amide bonds. The van der Waals surface area contributed by atoms with Gasteiger partial charge in [0.15, 0.2) is 11.5 Å². The van der Waals surface area contributed by atoms with Crippen molar-refractivity contribution in [1.82, 2.24) is 0 Å². The highest BCUT2D eigenvalue weighted by molar-refractivity contribution is 5.62. The molecular formula is C21H30NO4+. The van der Waals surface area contributed by atoms with Crippen LogP contribution in [0.4, 0.5) is 0 Å². The summed E-state index contributed by atoms with van der Waals surface area (Å²) in [5.41, 5.74) is 4.34. The number of methoxy groups -OCH3 is 2. The van der Waals surface area contributed by atoms with Crippen LogP contribution >= 0.6 is 0 Å². The van der Waals surface area contributed by atoms with E-state index in [1.165, 1.54) is 23.1 Å². The highest BCUT2D eigenvalue weighted by Crippen LogP contribution is 2.64. The molecule has 2 bridgehead atoms. The van der Waals surface area contributed by atoms with E-state index in [-0.39, 0.29) is 5.41 Å². The number of hydrogen-bond acceptors (Lipinski definition) is 4. The molecule has 2 aliphatic heterocycles. The summed E-state index contributed by atoms with van der Waals surface area (Å²) >= 11 is 0. The molecule has 1 aromatic rings. The van der Waals surface area contributed by atoms with Crippen LogP contribution in [0.25, 0.3) is 0 Å². The number of likely N-dealkylation sites (N-methyl/N-ethyl adjacent to an activating group) is 1. The number of ether oxygens (including phenoxy) is 3. The van der Waals surface area contributed by atoms with Crippen LogP contribution in [0.1, 0.15) is 54.8 Å². The van der Waals surface area contributed by atoms with Crippen LogP contribution in [0, 0.1) is 0 Å². The Labute approximate surface area is 155 Å². The van der Waals surface area contributed by atoms with E-state index in [4.69, 9.17) is 14.2 Å². The summed E-state index contributed by atoms with van der Waals surface area (Å²) in [5, 5.41) is 10.7.